The summed E-state index contributed by atoms with van der Waals surface area (Å²) in [7, 11) is 0. The van der Waals surface area contributed by atoms with Crippen LogP contribution in [0.4, 0.5) is 10.1 Å². The highest BCUT2D eigenvalue weighted by Crippen LogP contribution is 2.29. The molecule has 2 aromatic rings. The lowest BCUT2D eigenvalue weighted by molar-refractivity contribution is 0.626. The van der Waals surface area contributed by atoms with Gasteiger partial charge in [0.15, 0.2) is 0 Å². The Morgan fingerprint density at radius 3 is 2.44 bits per heavy atom. The smallest absolute Gasteiger partial charge is 0.123 e. The standard InChI is InChI=1S/C15H15BrFN/c1-10-4-3-5-14(15(10)16)18-11(2)12-6-8-13(17)9-7-12/h3-9,11,18H,1-2H3. The second-order valence-corrected chi connectivity index (χ2v) is 5.15. The van der Waals surface area contributed by atoms with E-state index in [4.69, 9.17) is 0 Å². The van der Waals surface area contributed by atoms with E-state index in [0.717, 1.165) is 15.7 Å². The second kappa shape index (κ2) is 5.53. The molecule has 1 atom stereocenters. The lowest BCUT2D eigenvalue weighted by Gasteiger charge is -2.17. The predicted molar refractivity (Wildman–Crippen MR) is 77.3 cm³/mol. The van der Waals surface area contributed by atoms with Gasteiger partial charge in [0.25, 0.3) is 0 Å². The largest absolute Gasteiger partial charge is 0.378 e. The van der Waals surface area contributed by atoms with Crippen LogP contribution in [0.5, 0.6) is 0 Å². The van der Waals surface area contributed by atoms with E-state index < -0.39 is 0 Å². The summed E-state index contributed by atoms with van der Waals surface area (Å²) in [6.07, 6.45) is 0. The van der Waals surface area contributed by atoms with Gasteiger partial charge in [-0.15, -0.1) is 0 Å². The number of nitrogens with one attached hydrogen (secondary N) is 1. The molecule has 0 aliphatic carbocycles. The van der Waals surface area contributed by atoms with Crippen molar-refractivity contribution in [2.75, 3.05) is 5.32 Å². The maximum absolute atomic E-state index is 12.9. The maximum atomic E-state index is 12.9. The zero-order valence-corrected chi connectivity index (χ0v) is 12.0. The Labute approximate surface area is 115 Å². The van der Waals surface area contributed by atoms with Gasteiger partial charge in [0.05, 0.1) is 0 Å². The Morgan fingerprint density at radius 1 is 1.11 bits per heavy atom. The SMILES string of the molecule is Cc1cccc(NC(C)c2ccc(F)cc2)c1Br. The molecule has 1 unspecified atom stereocenters. The highest BCUT2D eigenvalue weighted by atomic mass is 79.9. The predicted octanol–water partition coefficient (Wildman–Crippen LogP) is 5.07. The molecule has 0 fully saturated rings. The Morgan fingerprint density at radius 2 is 1.78 bits per heavy atom. The van der Waals surface area contributed by atoms with Crippen molar-refractivity contribution in [3.05, 3.63) is 63.9 Å². The molecule has 0 saturated carbocycles. The molecule has 2 aromatic carbocycles. The minimum Gasteiger partial charge on any atom is -0.378 e. The van der Waals surface area contributed by atoms with Crippen molar-refractivity contribution in [3.63, 3.8) is 0 Å². The van der Waals surface area contributed by atoms with E-state index in [1.165, 1.54) is 17.7 Å². The zero-order valence-electron chi connectivity index (χ0n) is 10.4. The van der Waals surface area contributed by atoms with Crippen molar-refractivity contribution in [1.82, 2.24) is 0 Å². The topological polar surface area (TPSA) is 12.0 Å². The van der Waals surface area contributed by atoms with Crippen LogP contribution in [0.1, 0.15) is 24.1 Å². The average Bonchev–Trinajstić information content (AvgIpc) is 2.36. The van der Waals surface area contributed by atoms with E-state index in [2.05, 4.69) is 41.2 Å². The van der Waals surface area contributed by atoms with Crippen LogP contribution in [0.25, 0.3) is 0 Å². The highest BCUT2D eigenvalue weighted by Gasteiger charge is 2.08. The molecular weight excluding hydrogens is 293 g/mol. The van der Waals surface area contributed by atoms with Crippen molar-refractivity contribution in [3.8, 4) is 0 Å². The monoisotopic (exact) mass is 307 g/mol. The van der Waals surface area contributed by atoms with Gasteiger partial charge in [0, 0.05) is 16.2 Å². The summed E-state index contributed by atoms with van der Waals surface area (Å²) in [5, 5.41) is 3.42. The average molecular weight is 308 g/mol. The van der Waals surface area contributed by atoms with Crippen molar-refractivity contribution < 1.29 is 4.39 Å². The number of hydrogen-bond donors (Lipinski definition) is 1. The molecule has 18 heavy (non-hydrogen) atoms. The van der Waals surface area contributed by atoms with Gasteiger partial charge in [0.1, 0.15) is 5.82 Å². The van der Waals surface area contributed by atoms with Crippen LogP contribution in [0.15, 0.2) is 46.9 Å². The first-order valence-corrected chi connectivity index (χ1v) is 6.64. The van der Waals surface area contributed by atoms with Gasteiger partial charge in [-0.2, -0.15) is 0 Å². The molecule has 0 spiro atoms. The lowest BCUT2D eigenvalue weighted by atomic mass is 10.1. The van der Waals surface area contributed by atoms with Crippen LogP contribution in [0.2, 0.25) is 0 Å². The van der Waals surface area contributed by atoms with Crippen LogP contribution >= 0.6 is 15.9 Å². The van der Waals surface area contributed by atoms with Crippen LogP contribution in [-0.2, 0) is 0 Å². The first-order chi connectivity index (χ1) is 8.58. The summed E-state index contributed by atoms with van der Waals surface area (Å²) in [4.78, 5) is 0. The normalized spacial score (nSPS) is 12.2. The number of aryl methyl sites for hydroxylation is 1. The number of hydrogen-bond acceptors (Lipinski definition) is 1. The molecule has 0 aromatic heterocycles. The summed E-state index contributed by atoms with van der Waals surface area (Å²) in [5.74, 6) is -0.206. The number of rotatable bonds is 3. The summed E-state index contributed by atoms with van der Waals surface area (Å²) in [5.41, 5.74) is 3.29. The van der Waals surface area contributed by atoms with Crippen molar-refractivity contribution >= 4 is 21.6 Å². The molecule has 94 valence electrons. The molecule has 0 radical (unpaired) electrons. The first-order valence-electron chi connectivity index (χ1n) is 5.85. The van der Waals surface area contributed by atoms with Gasteiger partial charge in [-0.1, -0.05) is 24.3 Å². The van der Waals surface area contributed by atoms with Crippen molar-refractivity contribution in [1.29, 1.82) is 0 Å². The minimum atomic E-state index is -0.206. The van der Waals surface area contributed by atoms with E-state index in [-0.39, 0.29) is 11.9 Å². The molecule has 0 heterocycles. The second-order valence-electron chi connectivity index (χ2n) is 4.35. The molecule has 0 aliphatic heterocycles. The van der Waals surface area contributed by atoms with Gasteiger partial charge < -0.3 is 5.32 Å². The third-order valence-electron chi connectivity index (χ3n) is 2.93. The quantitative estimate of drug-likeness (QED) is 0.834. The van der Waals surface area contributed by atoms with Gasteiger partial charge in [0.2, 0.25) is 0 Å². The summed E-state index contributed by atoms with van der Waals surface area (Å²) >= 11 is 3.57. The zero-order chi connectivity index (χ0) is 13.1. The third kappa shape index (κ3) is 2.91. The molecule has 0 aliphatic rings. The Balaban J connectivity index is 2.18. The third-order valence-corrected chi connectivity index (χ3v) is 3.99. The van der Waals surface area contributed by atoms with Crippen LogP contribution in [0.3, 0.4) is 0 Å². The Hall–Kier alpha value is -1.35. The lowest BCUT2D eigenvalue weighted by Crippen LogP contribution is -2.07. The van der Waals surface area contributed by atoms with E-state index >= 15 is 0 Å². The summed E-state index contributed by atoms with van der Waals surface area (Å²) in [6.45, 7) is 4.11. The molecular formula is C15H15BrFN. The molecule has 0 amide bonds. The highest BCUT2D eigenvalue weighted by molar-refractivity contribution is 9.10. The molecule has 3 heteroatoms. The number of anilines is 1. The van der Waals surface area contributed by atoms with Gasteiger partial charge >= 0.3 is 0 Å². The molecule has 1 N–H and O–H groups in total. The minimum absolute atomic E-state index is 0.128. The fourth-order valence-corrected chi connectivity index (χ4v) is 2.21. The van der Waals surface area contributed by atoms with Crippen LogP contribution in [0, 0.1) is 12.7 Å². The molecule has 0 bridgehead atoms. The number of halogens is 2. The van der Waals surface area contributed by atoms with Crippen molar-refractivity contribution in [2.45, 2.75) is 19.9 Å². The maximum Gasteiger partial charge on any atom is 0.123 e. The van der Waals surface area contributed by atoms with Gasteiger partial charge in [-0.3, -0.25) is 0 Å². The number of benzene rings is 2. The summed E-state index contributed by atoms with van der Waals surface area (Å²) < 4.78 is 13.9. The Kier molecular flexibility index (Phi) is 4.02. The van der Waals surface area contributed by atoms with Gasteiger partial charge in [-0.25, -0.2) is 4.39 Å². The van der Waals surface area contributed by atoms with Crippen LogP contribution in [-0.4, -0.2) is 0 Å². The molecule has 1 nitrogen and oxygen atoms in total. The summed E-state index contributed by atoms with van der Waals surface area (Å²) in [6, 6.07) is 12.8. The fourth-order valence-electron chi connectivity index (χ4n) is 1.83. The first kappa shape index (κ1) is 13.1. The van der Waals surface area contributed by atoms with E-state index in [9.17, 15) is 4.39 Å². The van der Waals surface area contributed by atoms with E-state index in [1.807, 2.05) is 12.1 Å². The van der Waals surface area contributed by atoms with E-state index in [0.29, 0.717) is 0 Å². The van der Waals surface area contributed by atoms with Crippen molar-refractivity contribution in [2.24, 2.45) is 0 Å². The van der Waals surface area contributed by atoms with Crippen LogP contribution < -0.4 is 5.32 Å². The van der Waals surface area contributed by atoms with E-state index in [1.54, 1.807) is 12.1 Å². The molecule has 0 saturated heterocycles. The Bertz CT molecular complexity index is 537. The fraction of sp³-hybridized carbons (Fsp3) is 0.200. The van der Waals surface area contributed by atoms with Gasteiger partial charge in [-0.05, 0) is 59.1 Å². The molecule has 2 rings (SSSR count).